The third-order valence-electron chi connectivity index (χ3n) is 2.62. The second-order valence-electron chi connectivity index (χ2n) is 3.81. The van der Waals surface area contributed by atoms with Crippen molar-refractivity contribution in [3.8, 4) is 0 Å². The third kappa shape index (κ3) is 2.35. The van der Waals surface area contributed by atoms with Crippen molar-refractivity contribution in [2.75, 3.05) is 5.32 Å². The Morgan fingerprint density at radius 3 is 2.94 bits per heavy atom. The van der Waals surface area contributed by atoms with Gasteiger partial charge in [-0.05, 0) is 17.9 Å². The van der Waals surface area contributed by atoms with Gasteiger partial charge in [0, 0.05) is 11.9 Å². The Morgan fingerprint density at radius 2 is 2.39 bits per heavy atom. The fourth-order valence-corrected chi connectivity index (χ4v) is 2.43. The van der Waals surface area contributed by atoms with Gasteiger partial charge in [-0.25, -0.2) is 4.68 Å². The Balaban J connectivity index is 2.26. The summed E-state index contributed by atoms with van der Waals surface area (Å²) in [5.74, 6) is 0.463. The number of anilines is 1. The number of thiophene rings is 1. The van der Waals surface area contributed by atoms with Crippen LogP contribution in [0.3, 0.4) is 0 Å². The molecule has 0 aromatic carbocycles. The molecule has 0 saturated carbocycles. The molecule has 18 heavy (non-hydrogen) atoms. The molecule has 7 heteroatoms. The van der Waals surface area contributed by atoms with Crippen LogP contribution in [-0.2, 0) is 20.0 Å². The zero-order chi connectivity index (χ0) is 13.1. The first-order valence-corrected chi connectivity index (χ1v) is 6.48. The first kappa shape index (κ1) is 12.6. The van der Waals surface area contributed by atoms with Gasteiger partial charge in [0.05, 0.1) is 11.5 Å². The van der Waals surface area contributed by atoms with E-state index >= 15 is 0 Å². The van der Waals surface area contributed by atoms with Crippen LogP contribution in [0.15, 0.2) is 17.5 Å². The number of aromatic nitrogens is 2. The summed E-state index contributed by atoms with van der Waals surface area (Å²) in [6, 6.07) is 3.94. The highest BCUT2D eigenvalue weighted by Crippen LogP contribution is 2.29. The highest BCUT2D eigenvalue weighted by atomic mass is 32.1. The summed E-state index contributed by atoms with van der Waals surface area (Å²) in [4.78, 5) is 11.8. The summed E-state index contributed by atoms with van der Waals surface area (Å²) in [5, 5.41) is 20.3. The number of nitrogens with zero attached hydrogens (tertiary/aromatic N) is 3. The quantitative estimate of drug-likeness (QED) is 0.666. The minimum atomic E-state index is -0.372. The molecule has 2 aromatic heterocycles. The highest BCUT2D eigenvalue weighted by Gasteiger charge is 2.25. The Morgan fingerprint density at radius 1 is 1.61 bits per heavy atom. The molecule has 0 spiro atoms. The maximum Gasteiger partial charge on any atom is 0.333 e. The van der Waals surface area contributed by atoms with E-state index < -0.39 is 0 Å². The van der Waals surface area contributed by atoms with E-state index in [1.54, 1.807) is 18.4 Å². The van der Waals surface area contributed by atoms with Crippen LogP contribution in [0, 0.1) is 10.1 Å². The maximum atomic E-state index is 11.1. The lowest BCUT2D eigenvalue weighted by atomic mass is 10.3. The summed E-state index contributed by atoms with van der Waals surface area (Å²) < 4.78 is 1.53. The zero-order valence-electron chi connectivity index (χ0n) is 10.2. The van der Waals surface area contributed by atoms with Gasteiger partial charge in [-0.3, -0.25) is 10.1 Å². The molecule has 0 fully saturated rings. The Kier molecular flexibility index (Phi) is 3.61. The van der Waals surface area contributed by atoms with Crippen molar-refractivity contribution in [3.63, 3.8) is 0 Å². The molecule has 2 aromatic rings. The third-order valence-corrected chi connectivity index (χ3v) is 3.50. The molecule has 1 N–H and O–H groups in total. The first-order chi connectivity index (χ1) is 8.63. The van der Waals surface area contributed by atoms with E-state index in [-0.39, 0.29) is 10.6 Å². The van der Waals surface area contributed by atoms with Crippen LogP contribution in [0.1, 0.15) is 17.5 Å². The molecule has 0 atom stereocenters. The smallest absolute Gasteiger partial charge is 0.333 e. The number of nitrogens with one attached hydrogen (secondary N) is 1. The topological polar surface area (TPSA) is 73.0 Å². The van der Waals surface area contributed by atoms with Crippen molar-refractivity contribution < 1.29 is 4.92 Å². The second kappa shape index (κ2) is 5.18. The van der Waals surface area contributed by atoms with Crippen molar-refractivity contribution in [2.24, 2.45) is 7.05 Å². The molecule has 96 valence electrons. The average Bonchev–Trinajstić information content (AvgIpc) is 2.93. The minimum Gasteiger partial charge on any atom is -0.360 e. The van der Waals surface area contributed by atoms with E-state index in [9.17, 15) is 10.1 Å². The van der Waals surface area contributed by atoms with Crippen LogP contribution >= 0.6 is 11.3 Å². The highest BCUT2D eigenvalue weighted by molar-refractivity contribution is 7.09. The van der Waals surface area contributed by atoms with Gasteiger partial charge in [-0.1, -0.05) is 13.0 Å². The molecule has 0 aliphatic carbocycles. The van der Waals surface area contributed by atoms with Gasteiger partial charge in [0.2, 0.25) is 5.82 Å². The molecule has 0 bridgehead atoms. The van der Waals surface area contributed by atoms with Crippen molar-refractivity contribution in [3.05, 3.63) is 38.2 Å². The lowest BCUT2D eigenvalue weighted by molar-refractivity contribution is -0.384. The Bertz CT molecular complexity index is 548. The van der Waals surface area contributed by atoms with Gasteiger partial charge in [0.1, 0.15) is 5.69 Å². The molecule has 2 heterocycles. The standard InChI is InChI=1S/C11H14N4O2S/c1-3-9-10(15(16)17)11(14(2)13-9)12-7-8-5-4-6-18-8/h4-6,12H,3,7H2,1-2H3. The number of aryl methyl sites for hydroxylation is 2. The van der Waals surface area contributed by atoms with Gasteiger partial charge in [0.15, 0.2) is 0 Å². The lowest BCUT2D eigenvalue weighted by Crippen LogP contribution is -2.05. The minimum absolute atomic E-state index is 0.0801. The molecule has 0 aliphatic rings. The van der Waals surface area contributed by atoms with Gasteiger partial charge in [-0.15, -0.1) is 11.3 Å². The fourth-order valence-electron chi connectivity index (χ4n) is 1.78. The Labute approximate surface area is 108 Å². The molecule has 6 nitrogen and oxygen atoms in total. The fraction of sp³-hybridized carbons (Fsp3) is 0.364. The predicted molar refractivity (Wildman–Crippen MR) is 70.9 cm³/mol. The van der Waals surface area contributed by atoms with Crippen LogP contribution < -0.4 is 5.32 Å². The monoisotopic (exact) mass is 266 g/mol. The van der Waals surface area contributed by atoms with E-state index in [2.05, 4.69) is 10.4 Å². The normalized spacial score (nSPS) is 10.6. The first-order valence-electron chi connectivity index (χ1n) is 5.60. The van der Waals surface area contributed by atoms with E-state index in [4.69, 9.17) is 0 Å². The molecule has 0 saturated heterocycles. The lowest BCUT2D eigenvalue weighted by Gasteiger charge is -2.04. The van der Waals surface area contributed by atoms with Crippen LogP contribution in [-0.4, -0.2) is 14.7 Å². The zero-order valence-corrected chi connectivity index (χ0v) is 11.0. The van der Waals surface area contributed by atoms with Crippen molar-refractivity contribution >= 4 is 22.8 Å². The number of hydrogen-bond donors (Lipinski definition) is 1. The number of nitro groups is 1. The van der Waals surface area contributed by atoms with Gasteiger partial charge in [0.25, 0.3) is 0 Å². The summed E-state index contributed by atoms with van der Waals surface area (Å²) in [5.41, 5.74) is 0.590. The predicted octanol–water partition coefficient (Wildman–Crippen LogP) is 2.56. The van der Waals surface area contributed by atoms with E-state index in [0.717, 1.165) is 4.88 Å². The summed E-state index contributed by atoms with van der Waals surface area (Å²) >= 11 is 1.61. The maximum absolute atomic E-state index is 11.1. The molecule has 0 radical (unpaired) electrons. The van der Waals surface area contributed by atoms with Gasteiger partial charge < -0.3 is 5.32 Å². The molecule has 0 aliphatic heterocycles. The van der Waals surface area contributed by atoms with Crippen LogP contribution in [0.25, 0.3) is 0 Å². The van der Waals surface area contributed by atoms with Crippen LogP contribution in [0.5, 0.6) is 0 Å². The SMILES string of the molecule is CCc1nn(C)c(NCc2cccs2)c1[N+](=O)[O-]. The van der Waals surface area contributed by atoms with Crippen molar-refractivity contribution in [1.82, 2.24) is 9.78 Å². The summed E-state index contributed by atoms with van der Waals surface area (Å²) in [6.07, 6.45) is 0.546. The van der Waals surface area contributed by atoms with Crippen molar-refractivity contribution in [1.29, 1.82) is 0 Å². The van der Waals surface area contributed by atoms with E-state index in [1.807, 2.05) is 24.4 Å². The van der Waals surface area contributed by atoms with E-state index in [1.165, 1.54) is 4.68 Å². The average molecular weight is 266 g/mol. The van der Waals surface area contributed by atoms with E-state index in [0.29, 0.717) is 24.5 Å². The number of hydrogen-bond acceptors (Lipinski definition) is 5. The summed E-state index contributed by atoms with van der Waals surface area (Å²) in [7, 11) is 1.71. The summed E-state index contributed by atoms with van der Waals surface area (Å²) in [6.45, 7) is 2.43. The Hall–Kier alpha value is -1.89. The van der Waals surface area contributed by atoms with Crippen LogP contribution in [0.2, 0.25) is 0 Å². The molecular weight excluding hydrogens is 252 g/mol. The van der Waals surface area contributed by atoms with Gasteiger partial charge in [-0.2, -0.15) is 5.10 Å². The van der Waals surface area contributed by atoms with Crippen LogP contribution in [0.4, 0.5) is 11.5 Å². The number of rotatable bonds is 5. The molecule has 0 amide bonds. The molecule has 2 rings (SSSR count). The largest absolute Gasteiger partial charge is 0.360 e. The van der Waals surface area contributed by atoms with Gasteiger partial charge >= 0.3 is 5.69 Å². The second-order valence-corrected chi connectivity index (χ2v) is 4.84. The molecular formula is C11H14N4O2S. The van der Waals surface area contributed by atoms with Crippen molar-refractivity contribution in [2.45, 2.75) is 19.9 Å². The molecule has 0 unspecified atom stereocenters.